The number of methoxy groups -OCH3 is 2. The number of hydrogen-bond donors (Lipinski definition) is 0. The van der Waals surface area contributed by atoms with E-state index in [0.29, 0.717) is 0 Å². The third-order valence-corrected chi connectivity index (χ3v) is 11.1. The zero-order valence-electron chi connectivity index (χ0n) is 36.8. The van der Waals surface area contributed by atoms with Crippen molar-refractivity contribution in [1.82, 2.24) is 0 Å². The van der Waals surface area contributed by atoms with Gasteiger partial charge in [0.15, 0.2) is 23.9 Å². The molecular formula is C52H64N2O4+2. The van der Waals surface area contributed by atoms with Gasteiger partial charge in [0, 0.05) is 36.1 Å². The zero-order chi connectivity index (χ0) is 42.6. The van der Waals surface area contributed by atoms with Crippen LogP contribution in [0.15, 0.2) is 179 Å². The summed E-state index contributed by atoms with van der Waals surface area (Å²) in [6, 6.07) is 7.13. The van der Waals surface area contributed by atoms with Crippen molar-refractivity contribution < 1.29 is 28.2 Å². The fraction of sp³-hybridized carbons (Fsp3) is 0.346. The number of Topliss-reactive ketones (excluding diaryl/α,β-unsaturated/α-hetero) is 2. The van der Waals surface area contributed by atoms with Gasteiger partial charge in [0.1, 0.15) is 0 Å². The molecule has 6 nitrogen and oxygen atoms in total. The molecular weight excluding hydrogens is 717 g/mol. The highest BCUT2D eigenvalue weighted by Crippen LogP contribution is 2.43. The average Bonchev–Trinajstić information content (AvgIpc) is 3.19. The Morgan fingerprint density at radius 2 is 0.931 bits per heavy atom. The van der Waals surface area contributed by atoms with Gasteiger partial charge in [0.2, 0.25) is 36.0 Å². The number of rotatable bonds is 14. The summed E-state index contributed by atoms with van der Waals surface area (Å²) in [6.45, 7) is 21.1. The van der Waals surface area contributed by atoms with Crippen LogP contribution in [0.25, 0.3) is 0 Å². The molecule has 2 aromatic rings. The van der Waals surface area contributed by atoms with Gasteiger partial charge in [-0.3, -0.25) is 9.59 Å². The van der Waals surface area contributed by atoms with E-state index in [0.717, 1.165) is 68.9 Å². The highest BCUT2D eigenvalue weighted by Gasteiger charge is 2.44. The Balaban J connectivity index is 1.31. The van der Waals surface area contributed by atoms with E-state index < -0.39 is 0 Å². The number of carbonyl (C=O) groups excluding carboxylic acids is 2. The Labute approximate surface area is 348 Å². The van der Waals surface area contributed by atoms with Crippen LogP contribution in [0.3, 0.4) is 0 Å². The fourth-order valence-electron chi connectivity index (χ4n) is 7.67. The molecule has 4 rings (SSSR count). The second-order valence-corrected chi connectivity index (χ2v) is 16.8. The van der Waals surface area contributed by atoms with E-state index >= 15 is 0 Å². The first-order valence-corrected chi connectivity index (χ1v) is 20.2. The number of pyridine rings is 2. The van der Waals surface area contributed by atoms with E-state index in [2.05, 4.69) is 128 Å². The summed E-state index contributed by atoms with van der Waals surface area (Å²) < 4.78 is 14.7. The molecule has 0 aliphatic heterocycles. The third-order valence-electron chi connectivity index (χ3n) is 11.1. The van der Waals surface area contributed by atoms with Crippen molar-refractivity contribution in [2.45, 2.75) is 94.2 Å². The Morgan fingerprint density at radius 3 is 1.29 bits per heavy atom. The lowest BCUT2D eigenvalue weighted by atomic mass is 9.70. The average molecular weight is 781 g/mol. The van der Waals surface area contributed by atoms with E-state index in [1.54, 1.807) is 14.2 Å². The molecule has 0 spiro atoms. The molecule has 304 valence electrons. The van der Waals surface area contributed by atoms with Crippen molar-refractivity contribution >= 4 is 11.6 Å². The van der Waals surface area contributed by atoms with Crippen LogP contribution in [0.2, 0.25) is 0 Å². The van der Waals surface area contributed by atoms with Gasteiger partial charge in [-0.25, -0.2) is 0 Å². The third kappa shape index (κ3) is 12.0. The van der Waals surface area contributed by atoms with E-state index in [9.17, 15) is 9.59 Å². The van der Waals surface area contributed by atoms with Crippen molar-refractivity contribution in [1.29, 1.82) is 0 Å². The standard InChI is InChI=1S/C52H64N2O4/c1-37(21-15-23-39(3)27-29-45-41(5)49(55)47(33-51(45,7)8)53-31-17-25-43(35-53)57-11)19-13-14-20-38(2)22-16-24-40(4)28-30-46-42(6)50(56)48(34-52(46,9)10)54-32-18-26-44(36-54)58-12/h13-32,35-36,47-48H,33-34H2,1-12H3/q+2/b14-13+,21-15+,22-16+,29-27+,30-28+,37-19+,38-20+,39-23+,40-24+. The van der Waals surface area contributed by atoms with Crippen LogP contribution in [0.4, 0.5) is 0 Å². The highest BCUT2D eigenvalue weighted by atomic mass is 16.5. The molecule has 0 N–H and O–H groups in total. The largest absolute Gasteiger partial charge is 0.491 e. The number of hydrogen-bond acceptors (Lipinski definition) is 4. The maximum absolute atomic E-state index is 13.5. The summed E-state index contributed by atoms with van der Waals surface area (Å²) in [7, 11) is 3.29. The summed E-state index contributed by atoms with van der Waals surface area (Å²) in [5.74, 6) is 1.78. The van der Waals surface area contributed by atoms with Gasteiger partial charge in [-0.2, -0.15) is 9.13 Å². The first-order chi connectivity index (χ1) is 27.5. The van der Waals surface area contributed by atoms with Crippen LogP contribution in [-0.4, -0.2) is 25.8 Å². The molecule has 2 atom stereocenters. The number of allylic oxidation sites excluding steroid dienone is 22. The van der Waals surface area contributed by atoms with Crippen molar-refractivity contribution in [3.05, 3.63) is 179 Å². The molecule has 2 aliphatic carbocycles. The van der Waals surface area contributed by atoms with Crippen LogP contribution < -0.4 is 18.6 Å². The second-order valence-electron chi connectivity index (χ2n) is 16.8. The number of ether oxygens (including phenoxy) is 2. The fourth-order valence-corrected chi connectivity index (χ4v) is 7.67. The first kappa shape index (κ1) is 45.1. The van der Waals surface area contributed by atoms with Gasteiger partial charge < -0.3 is 9.47 Å². The molecule has 0 radical (unpaired) electrons. The lowest BCUT2D eigenvalue weighted by Gasteiger charge is -2.34. The summed E-state index contributed by atoms with van der Waals surface area (Å²) in [5, 5.41) is 0. The topological polar surface area (TPSA) is 60.4 Å². The van der Waals surface area contributed by atoms with Gasteiger partial charge in [0.25, 0.3) is 0 Å². The van der Waals surface area contributed by atoms with E-state index in [1.165, 1.54) is 0 Å². The number of nitrogens with zero attached hydrogens (tertiary/aromatic N) is 2. The molecule has 58 heavy (non-hydrogen) atoms. The Kier molecular flexibility index (Phi) is 15.7. The molecule has 0 saturated carbocycles. The molecule has 0 amide bonds. The first-order valence-electron chi connectivity index (χ1n) is 20.2. The van der Waals surface area contributed by atoms with Gasteiger partial charge in [-0.1, -0.05) is 135 Å². The molecule has 6 heteroatoms. The molecule has 0 aromatic carbocycles. The number of carbonyl (C=O) groups is 2. The lowest BCUT2D eigenvalue weighted by molar-refractivity contribution is -0.711. The number of aromatic nitrogens is 2. The van der Waals surface area contributed by atoms with Gasteiger partial charge in [-0.05, 0) is 75.7 Å². The van der Waals surface area contributed by atoms with Crippen molar-refractivity contribution in [3.8, 4) is 11.5 Å². The van der Waals surface area contributed by atoms with Crippen LogP contribution in [0, 0.1) is 10.8 Å². The number of ketones is 2. The molecule has 2 aromatic heterocycles. The molecule has 2 aliphatic rings. The van der Waals surface area contributed by atoms with Crippen molar-refractivity contribution in [2.24, 2.45) is 10.8 Å². The SMILES string of the molecule is COc1ccc[n+](C2CC(C)(C)C(/C=C/C(C)=C/C=C/C(C)=C/C=C/C=C(C)/C=C/C=C(C)/C=C/C3=C(C)C(=O)C([n+]4cccc(OC)c4)CC3(C)C)=C(C)C2=O)c1. The summed E-state index contributed by atoms with van der Waals surface area (Å²) >= 11 is 0. The zero-order valence-corrected chi connectivity index (χ0v) is 36.8. The van der Waals surface area contributed by atoms with E-state index in [4.69, 9.17) is 9.47 Å². The van der Waals surface area contributed by atoms with E-state index in [-0.39, 0.29) is 34.5 Å². The predicted molar refractivity (Wildman–Crippen MR) is 237 cm³/mol. The molecule has 2 unspecified atom stereocenters. The van der Waals surface area contributed by atoms with Crippen LogP contribution in [-0.2, 0) is 9.59 Å². The van der Waals surface area contributed by atoms with Gasteiger partial charge in [0.05, 0.1) is 14.2 Å². The molecule has 2 heterocycles. The van der Waals surface area contributed by atoms with Crippen molar-refractivity contribution in [2.75, 3.05) is 14.2 Å². The minimum Gasteiger partial charge on any atom is -0.491 e. The quantitative estimate of drug-likeness (QED) is 0.141. The Bertz CT molecular complexity index is 2050. The summed E-state index contributed by atoms with van der Waals surface area (Å²) in [5.41, 5.74) is 7.95. The van der Waals surface area contributed by atoms with Crippen LogP contribution >= 0.6 is 0 Å². The molecule has 0 saturated heterocycles. The molecule has 0 fully saturated rings. The van der Waals surface area contributed by atoms with Crippen molar-refractivity contribution in [3.63, 3.8) is 0 Å². The normalized spacial score (nSPS) is 21.2. The predicted octanol–water partition coefficient (Wildman–Crippen LogP) is 11.3. The maximum Gasteiger partial charge on any atom is 0.226 e. The Hall–Kier alpha value is -5.62. The highest BCUT2D eigenvalue weighted by molar-refractivity contribution is 6.00. The Morgan fingerprint density at radius 1 is 0.586 bits per heavy atom. The monoisotopic (exact) mass is 780 g/mol. The van der Waals surface area contributed by atoms with Gasteiger partial charge in [-0.15, -0.1) is 0 Å². The molecule has 0 bridgehead atoms. The van der Waals surface area contributed by atoms with E-state index in [1.807, 2.05) is 84.2 Å². The smallest absolute Gasteiger partial charge is 0.226 e. The van der Waals surface area contributed by atoms with Crippen LogP contribution in [0.1, 0.15) is 94.2 Å². The van der Waals surface area contributed by atoms with Crippen LogP contribution in [0.5, 0.6) is 11.5 Å². The minimum atomic E-state index is -0.250. The minimum absolute atomic E-state index is 0.149. The maximum atomic E-state index is 13.5. The summed E-state index contributed by atoms with van der Waals surface area (Å²) in [6.07, 6.45) is 38.3. The second kappa shape index (κ2) is 20.2. The lowest BCUT2D eigenvalue weighted by Crippen LogP contribution is -2.48. The van der Waals surface area contributed by atoms with Gasteiger partial charge >= 0.3 is 0 Å². The summed E-state index contributed by atoms with van der Waals surface area (Å²) in [4.78, 5) is 26.9.